The van der Waals surface area contributed by atoms with E-state index in [9.17, 15) is 10.2 Å². The van der Waals surface area contributed by atoms with Crippen molar-refractivity contribution in [2.75, 3.05) is 14.2 Å². The molecule has 0 fully saturated rings. The molecule has 0 aromatic carbocycles. The Morgan fingerprint density at radius 2 is 1.23 bits per heavy atom. The Kier molecular flexibility index (Phi) is 5.65. The maximum Gasteiger partial charge on any atom is 0.222 e. The minimum Gasteiger partial charge on any atom is -0.481 e. The number of nitrogens with zero attached hydrogens (tertiary/aromatic N) is 2. The van der Waals surface area contributed by atoms with Gasteiger partial charge in [-0.3, -0.25) is 0 Å². The summed E-state index contributed by atoms with van der Waals surface area (Å²) in [6.07, 6.45) is 0. The summed E-state index contributed by atoms with van der Waals surface area (Å²) in [5.74, 6) is 0.745. The number of methoxy groups -OCH3 is 2. The smallest absolute Gasteiger partial charge is 0.222 e. The zero-order valence-corrected chi connectivity index (χ0v) is 14.6. The largest absolute Gasteiger partial charge is 0.481 e. The molecule has 2 atom stereocenters. The van der Waals surface area contributed by atoms with Crippen molar-refractivity contribution in [3.05, 3.63) is 23.5 Å². The highest BCUT2D eigenvalue weighted by Gasteiger charge is 2.21. The summed E-state index contributed by atoms with van der Waals surface area (Å²) in [6.45, 7) is -0.352. The van der Waals surface area contributed by atoms with Crippen LogP contribution in [0, 0.1) is 0 Å². The lowest BCUT2D eigenvalue weighted by atomic mass is 10.1. The Hall–Kier alpha value is -1.32. The molecule has 6 nitrogen and oxygen atoms in total. The van der Waals surface area contributed by atoms with Crippen molar-refractivity contribution in [3.8, 4) is 22.9 Å². The fourth-order valence-electron chi connectivity index (χ4n) is 2.15. The molecule has 2 heterocycles. The Balaban J connectivity index is 2.76. The first-order valence-electron chi connectivity index (χ1n) is 6.44. The van der Waals surface area contributed by atoms with Crippen molar-refractivity contribution in [2.24, 2.45) is 0 Å². The molecule has 2 aromatic rings. The average molecular weight is 340 g/mol. The lowest BCUT2D eigenvalue weighted by Crippen LogP contribution is -2.13. The van der Waals surface area contributed by atoms with Crippen LogP contribution in [0.25, 0.3) is 11.1 Å². The highest BCUT2D eigenvalue weighted by molar-refractivity contribution is 7.29. The molecule has 0 bridgehead atoms. The normalized spacial score (nSPS) is 10.6. The van der Waals surface area contributed by atoms with Gasteiger partial charge in [-0.2, -0.15) is 0 Å². The van der Waals surface area contributed by atoms with E-state index in [1.807, 2.05) is 0 Å². The molecule has 2 aromatic heterocycles. The van der Waals surface area contributed by atoms with Crippen molar-refractivity contribution in [2.45, 2.75) is 13.2 Å². The SMILES string of the molecule is COc1nc(CO)cc(P)c1-c1c(P)cc(CO)nc1OC. The minimum atomic E-state index is -0.176. The van der Waals surface area contributed by atoms with E-state index in [0.717, 1.165) is 10.6 Å². The maximum atomic E-state index is 9.27. The number of rotatable bonds is 5. The second-order valence-electron chi connectivity index (χ2n) is 4.49. The summed E-state index contributed by atoms with van der Waals surface area (Å²) >= 11 is 0. The number of ether oxygens (including phenoxy) is 2. The highest BCUT2D eigenvalue weighted by Crippen LogP contribution is 2.34. The maximum absolute atomic E-state index is 9.27. The lowest BCUT2D eigenvalue weighted by molar-refractivity contribution is 0.274. The number of aliphatic hydroxyl groups is 2. The molecule has 2 rings (SSSR count). The molecule has 0 radical (unpaired) electrons. The van der Waals surface area contributed by atoms with E-state index in [-0.39, 0.29) is 13.2 Å². The van der Waals surface area contributed by atoms with Crippen LogP contribution in [0.2, 0.25) is 0 Å². The van der Waals surface area contributed by atoms with Gasteiger partial charge in [0.1, 0.15) is 0 Å². The third-order valence-corrected chi connectivity index (χ3v) is 4.01. The van der Waals surface area contributed by atoms with Crippen LogP contribution in [0.4, 0.5) is 0 Å². The Morgan fingerprint density at radius 1 is 0.864 bits per heavy atom. The van der Waals surface area contributed by atoms with Crippen molar-refractivity contribution in [3.63, 3.8) is 0 Å². The van der Waals surface area contributed by atoms with Crippen LogP contribution < -0.4 is 20.1 Å². The van der Waals surface area contributed by atoms with E-state index < -0.39 is 0 Å². The Bertz CT molecular complexity index is 636. The summed E-state index contributed by atoms with van der Waals surface area (Å²) in [5.41, 5.74) is 2.44. The number of hydrogen-bond acceptors (Lipinski definition) is 6. The van der Waals surface area contributed by atoms with E-state index in [1.165, 1.54) is 14.2 Å². The molecule has 0 amide bonds. The molecular weight excluding hydrogens is 322 g/mol. The molecule has 0 aliphatic rings. The quantitative estimate of drug-likeness (QED) is 0.754. The molecular formula is C14H18N2O4P2. The van der Waals surface area contributed by atoms with Crippen LogP contribution in [-0.2, 0) is 13.2 Å². The van der Waals surface area contributed by atoms with Gasteiger partial charge in [0, 0.05) is 0 Å². The third kappa shape index (κ3) is 3.21. The van der Waals surface area contributed by atoms with Crippen molar-refractivity contribution in [1.82, 2.24) is 9.97 Å². The molecule has 0 saturated heterocycles. The fraction of sp³-hybridized carbons (Fsp3) is 0.286. The molecule has 2 unspecified atom stereocenters. The minimum absolute atomic E-state index is 0.176. The van der Waals surface area contributed by atoms with Crippen LogP contribution in [0.15, 0.2) is 12.1 Å². The Labute approximate surface area is 133 Å². The van der Waals surface area contributed by atoms with Crippen LogP contribution >= 0.6 is 18.5 Å². The molecule has 0 spiro atoms. The first-order valence-corrected chi connectivity index (χ1v) is 7.60. The van der Waals surface area contributed by atoms with E-state index in [1.54, 1.807) is 12.1 Å². The number of aliphatic hydroxyl groups excluding tert-OH is 2. The Morgan fingerprint density at radius 3 is 1.50 bits per heavy atom. The van der Waals surface area contributed by atoms with Crippen molar-refractivity contribution >= 4 is 29.1 Å². The van der Waals surface area contributed by atoms with E-state index >= 15 is 0 Å². The number of hydrogen-bond donors (Lipinski definition) is 2. The van der Waals surface area contributed by atoms with Gasteiger partial charge in [0.2, 0.25) is 11.8 Å². The van der Waals surface area contributed by atoms with E-state index in [0.29, 0.717) is 34.3 Å². The van der Waals surface area contributed by atoms with Crippen molar-refractivity contribution < 1.29 is 19.7 Å². The van der Waals surface area contributed by atoms with Crippen LogP contribution in [0.1, 0.15) is 11.4 Å². The second kappa shape index (κ2) is 7.30. The molecule has 0 aliphatic heterocycles. The fourth-order valence-corrected chi connectivity index (χ4v) is 3.07. The van der Waals surface area contributed by atoms with Gasteiger partial charge in [0.25, 0.3) is 0 Å². The average Bonchev–Trinajstić information content (AvgIpc) is 2.53. The van der Waals surface area contributed by atoms with E-state index in [2.05, 4.69) is 28.4 Å². The lowest BCUT2D eigenvalue weighted by Gasteiger charge is -2.17. The van der Waals surface area contributed by atoms with Gasteiger partial charge in [-0.15, -0.1) is 18.5 Å². The standard InChI is InChI=1S/C14H18N2O4P2/c1-19-13-11(9(21)3-7(5-17)15-13)12-10(22)4-8(6-18)16-14(12)20-2/h3-4,17-18H,5-6,21-22H2,1-2H3. The van der Waals surface area contributed by atoms with Crippen LogP contribution in [0.3, 0.4) is 0 Å². The summed E-state index contributed by atoms with van der Waals surface area (Å²) < 4.78 is 10.7. The van der Waals surface area contributed by atoms with Gasteiger partial charge in [0.15, 0.2) is 0 Å². The topological polar surface area (TPSA) is 84.7 Å². The summed E-state index contributed by atoms with van der Waals surface area (Å²) in [6, 6.07) is 3.51. The molecule has 22 heavy (non-hydrogen) atoms. The first-order chi connectivity index (χ1) is 10.5. The van der Waals surface area contributed by atoms with Gasteiger partial charge >= 0.3 is 0 Å². The molecule has 2 N–H and O–H groups in total. The second-order valence-corrected chi connectivity index (χ2v) is 5.73. The summed E-state index contributed by atoms with van der Waals surface area (Å²) in [5, 5.41) is 20.1. The predicted octanol–water partition coefficient (Wildman–Crippen LogP) is 0.146. The molecule has 118 valence electrons. The number of aromatic nitrogens is 2. The number of pyridine rings is 2. The molecule has 0 aliphatic carbocycles. The van der Waals surface area contributed by atoms with Crippen molar-refractivity contribution in [1.29, 1.82) is 0 Å². The van der Waals surface area contributed by atoms with Gasteiger partial charge in [0.05, 0.1) is 49.9 Å². The highest BCUT2D eigenvalue weighted by atomic mass is 31.0. The summed E-state index contributed by atoms with van der Waals surface area (Å²) in [7, 11) is 8.24. The third-order valence-electron chi connectivity index (χ3n) is 3.10. The van der Waals surface area contributed by atoms with Crippen LogP contribution in [-0.4, -0.2) is 34.4 Å². The van der Waals surface area contributed by atoms with Gasteiger partial charge < -0.3 is 19.7 Å². The monoisotopic (exact) mass is 340 g/mol. The van der Waals surface area contributed by atoms with E-state index in [4.69, 9.17) is 9.47 Å². The predicted molar refractivity (Wildman–Crippen MR) is 91.1 cm³/mol. The molecule has 8 heteroatoms. The zero-order valence-electron chi connectivity index (χ0n) is 12.3. The first kappa shape index (κ1) is 17.0. The van der Waals surface area contributed by atoms with Gasteiger partial charge in [-0.25, -0.2) is 9.97 Å². The summed E-state index contributed by atoms with van der Waals surface area (Å²) in [4.78, 5) is 8.56. The van der Waals surface area contributed by atoms with Gasteiger partial charge in [-0.05, 0) is 22.7 Å². The van der Waals surface area contributed by atoms with Gasteiger partial charge in [-0.1, -0.05) is 0 Å². The zero-order chi connectivity index (χ0) is 16.3. The van der Waals surface area contributed by atoms with Crippen LogP contribution in [0.5, 0.6) is 11.8 Å². The molecule has 0 saturated carbocycles.